The van der Waals surface area contributed by atoms with E-state index >= 15 is 0 Å². The Balaban J connectivity index is 2.80. The van der Waals surface area contributed by atoms with Crippen molar-refractivity contribution in [3.8, 4) is 0 Å². The van der Waals surface area contributed by atoms with Gasteiger partial charge >= 0.3 is 0 Å². The number of rotatable bonds is 2. The molecular formula is C11H14. The molecular weight excluding hydrogens is 132 g/mol. The minimum absolute atomic E-state index is 1.16. The minimum atomic E-state index is 1.16. The highest BCUT2D eigenvalue weighted by molar-refractivity contribution is 5.46. The molecule has 0 radical (unpaired) electrons. The average molecular weight is 146 g/mol. The first-order valence-corrected chi connectivity index (χ1v) is 4.04. The van der Waals surface area contributed by atoms with Crippen molar-refractivity contribution in [1.29, 1.82) is 0 Å². The Morgan fingerprint density at radius 1 is 1.55 bits per heavy atom. The lowest BCUT2D eigenvalue weighted by molar-refractivity contribution is 1.02. The summed E-state index contributed by atoms with van der Waals surface area (Å²) in [6, 6.07) is 0. The summed E-state index contributed by atoms with van der Waals surface area (Å²) in [6.07, 6.45) is 13.0. The van der Waals surface area contributed by atoms with Gasteiger partial charge in [-0.15, -0.1) is 0 Å². The minimum Gasteiger partial charge on any atom is -0.0985 e. The fourth-order valence-electron chi connectivity index (χ4n) is 1.23. The second kappa shape index (κ2) is 3.97. The Hall–Kier alpha value is -1.04. The lowest BCUT2D eigenvalue weighted by Gasteiger charge is -2.06. The molecule has 1 rings (SSSR count). The van der Waals surface area contributed by atoms with Crippen molar-refractivity contribution in [2.24, 2.45) is 0 Å². The fourth-order valence-corrected chi connectivity index (χ4v) is 1.23. The molecule has 58 valence electrons. The highest BCUT2D eigenvalue weighted by Gasteiger charge is 1.98. The normalized spacial score (nSPS) is 17.9. The van der Waals surface area contributed by atoms with E-state index in [0.717, 1.165) is 6.42 Å². The summed E-state index contributed by atoms with van der Waals surface area (Å²) in [5.41, 5.74) is 2.55. The zero-order chi connectivity index (χ0) is 8.10. The summed E-state index contributed by atoms with van der Waals surface area (Å²) in [7, 11) is 0. The lowest BCUT2D eigenvalue weighted by Crippen LogP contribution is -1.86. The van der Waals surface area contributed by atoms with E-state index in [1.54, 1.807) is 0 Å². The highest BCUT2D eigenvalue weighted by atomic mass is 14.0. The van der Waals surface area contributed by atoms with Crippen molar-refractivity contribution in [3.05, 3.63) is 48.1 Å². The molecule has 0 aromatic carbocycles. The van der Waals surface area contributed by atoms with Crippen LogP contribution in [0.1, 0.15) is 19.8 Å². The molecule has 0 aromatic rings. The van der Waals surface area contributed by atoms with Gasteiger partial charge in [-0.05, 0) is 30.9 Å². The van der Waals surface area contributed by atoms with Gasteiger partial charge in [0, 0.05) is 0 Å². The van der Waals surface area contributed by atoms with Crippen LogP contribution in [0.15, 0.2) is 48.1 Å². The number of hydrogen-bond acceptors (Lipinski definition) is 0. The highest BCUT2D eigenvalue weighted by Crippen LogP contribution is 2.18. The van der Waals surface area contributed by atoms with Crippen LogP contribution in [-0.2, 0) is 0 Å². The summed E-state index contributed by atoms with van der Waals surface area (Å²) >= 11 is 0. The molecule has 0 N–H and O–H groups in total. The fraction of sp³-hybridized carbons (Fsp3) is 0.273. The van der Waals surface area contributed by atoms with Gasteiger partial charge in [-0.1, -0.05) is 37.0 Å². The molecule has 0 saturated heterocycles. The van der Waals surface area contributed by atoms with Gasteiger partial charge in [-0.2, -0.15) is 0 Å². The molecule has 0 fully saturated rings. The number of hydrogen-bond donors (Lipinski definition) is 0. The maximum Gasteiger partial charge on any atom is -0.0231 e. The zero-order valence-electron chi connectivity index (χ0n) is 7.01. The first-order valence-electron chi connectivity index (χ1n) is 4.04. The van der Waals surface area contributed by atoms with Crippen LogP contribution in [0.5, 0.6) is 0 Å². The Morgan fingerprint density at radius 3 is 2.82 bits per heavy atom. The predicted octanol–water partition coefficient (Wildman–Crippen LogP) is 3.40. The van der Waals surface area contributed by atoms with E-state index in [-0.39, 0.29) is 0 Å². The zero-order valence-corrected chi connectivity index (χ0v) is 7.01. The molecule has 0 aromatic heterocycles. The molecule has 11 heavy (non-hydrogen) atoms. The monoisotopic (exact) mass is 146 g/mol. The van der Waals surface area contributed by atoms with Crippen LogP contribution < -0.4 is 0 Å². The lowest BCUT2D eigenvalue weighted by atomic mass is 10.00. The van der Waals surface area contributed by atoms with Crippen LogP contribution in [0, 0.1) is 0 Å². The van der Waals surface area contributed by atoms with Crippen molar-refractivity contribution in [2.75, 3.05) is 0 Å². The van der Waals surface area contributed by atoms with E-state index in [0.29, 0.717) is 0 Å². The predicted molar refractivity (Wildman–Crippen MR) is 50.4 cm³/mol. The first-order chi connectivity index (χ1) is 5.38. The van der Waals surface area contributed by atoms with Crippen molar-refractivity contribution in [3.63, 3.8) is 0 Å². The number of allylic oxidation sites excluding steroid dienone is 7. The molecule has 0 spiro atoms. The van der Waals surface area contributed by atoms with E-state index < -0.39 is 0 Å². The van der Waals surface area contributed by atoms with Gasteiger partial charge in [-0.3, -0.25) is 0 Å². The Morgan fingerprint density at radius 2 is 2.36 bits per heavy atom. The van der Waals surface area contributed by atoms with Gasteiger partial charge in [0.2, 0.25) is 0 Å². The van der Waals surface area contributed by atoms with E-state index in [9.17, 15) is 0 Å². The molecule has 0 amide bonds. The Labute approximate surface area is 68.6 Å². The third-order valence-electron chi connectivity index (χ3n) is 1.86. The van der Waals surface area contributed by atoms with Crippen molar-refractivity contribution in [2.45, 2.75) is 19.8 Å². The van der Waals surface area contributed by atoms with Crippen molar-refractivity contribution >= 4 is 0 Å². The second-order valence-electron chi connectivity index (χ2n) is 2.59. The topological polar surface area (TPSA) is 0 Å². The van der Waals surface area contributed by atoms with Crippen LogP contribution in [0.2, 0.25) is 0 Å². The molecule has 1 aliphatic rings. The molecule has 0 heteroatoms. The summed E-state index contributed by atoms with van der Waals surface area (Å²) in [4.78, 5) is 0. The van der Waals surface area contributed by atoms with E-state index in [2.05, 4.69) is 30.9 Å². The van der Waals surface area contributed by atoms with Crippen molar-refractivity contribution in [1.82, 2.24) is 0 Å². The molecule has 0 unspecified atom stereocenters. The van der Waals surface area contributed by atoms with Crippen LogP contribution in [0.3, 0.4) is 0 Å². The SMILES string of the molecule is C=C/C(=C\C)C1=CCCC=C1. The third kappa shape index (κ3) is 1.94. The Kier molecular flexibility index (Phi) is 2.91. The molecule has 1 aliphatic carbocycles. The largest absolute Gasteiger partial charge is 0.0985 e. The molecule has 0 saturated carbocycles. The summed E-state index contributed by atoms with van der Waals surface area (Å²) < 4.78 is 0. The van der Waals surface area contributed by atoms with Crippen LogP contribution in [0.4, 0.5) is 0 Å². The molecule has 0 atom stereocenters. The summed E-state index contributed by atoms with van der Waals surface area (Å²) in [6.45, 7) is 5.81. The summed E-state index contributed by atoms with van der Waals surface area (Å²) in [5, 5.41) is 0. The molecule has 0 heterocycles. The summed E-state index contributed by atoms with van der Waals surface area (Å²) in [5.74, 6) is 0. The van der Waals surface area contributed by atoms with Gasteiger partial charge in [0.25, 0.3) is 0 Å². The van der Waals surface area contributed by atoms with Gasteiger partial charge < -0.3 is 0 Å². The van der Waals surface area contributed by atoms with E-state index in [1.807, 2.05) is 13.0 Å². The van der Waals surface area contributed by atoms with Crippen LogP contribution in [0.25, 0.3) is 0 Å². The smallest absolute Gasteiger partial charge is 0.0231 e. The Bertz CT molecular complexity index is 226. The van der Waals surface area contributed by atoms with Crippen LogP contribution in [-0.4, -0.2) is 0 Å². The van der Waals surface area contributed by atoms with Gasteiger partial charge in [0.15, 0.2) is 0 Å². The van der Waals surface area contributed by atoms with E-state index in [4.69, 9.17) is 0 Å². The molecule has 0 nitrogen and oxygen atoms in total. The quantitative estimate of drug-likeness (QED) is 0.524. The standard InChI is InChI=1S/C11H14/c1-3-10(4-2)11-8-6-5-7-9-11/h3-4,6,8-9H,1,5,7H2,2H3/b10-4+. The van der Waals surface area contributed by atoms with Gasteiger partial charge in [0.1, 0.15) is 0 Å². The first kappa shape index (κ1) is 8.06. The second-order valence-corrected chi connectivity index (χ2v) is 2.59. The molecule has 0 bridgehead atoms. The van der Waals surface area contributed by atoms with Gasteiger partial charge in [-0.25, -0.2) is 0 Å². The van der Waals surface area contributed by atoms with Gasteiger partial charge in [0.05, 0.1) is 0 Å². The average Bonchev–Trinajstić information content (AvgIpc) is 2.09. The van der Waals surface area contributed by atoms with Crippen LogP contribution >= 0.6 is 0 Å². The molecule has 0 aliphatic heterocycles. The van der Waals surface area contributed by atoms with Crippen molar-refractivity contribution < 1.29 is 0 Å². The maximum atomic E-state index is 3.76. The maximum absolute atomic E-state index is 3.76. The van der Waals surface area contributed by atoms with E-state index in [1.165, 1.54) is 17.6 Å². The third-order valence-corrected chi connectivity index (χ3v) is 1.86.